The van der Waals surface area contributed by atoms with Gasteiger partial charge in [0.2, 0.25) is 5.91 Å². The summed E-state index contributed by atoms with van der Waals surface area (Å²) in [6.07, 6.45) is 1.76. The predicted octanol–water partition coefficient (Wildman–Crippen LogP) is 4.62. The molecule has 0 aromatic heterocycles. The first-order valence-electron chi connectivity index (χ1n) is 11.9. The normalized spacial score (nSPS) is 21.7. The van der Waals surface area contributed by atoms with Gasteiger partial charge in [0.25, 0.3) is 0 Å². The second-order valence-electron chi connectivity index (χ2n) is 10.4. The van der Waals surface area contributed by atoms with E-state index in [9.17, 15) is 14.4 Å². The predicted molar refractivity (Wildman–Crippen MR) is 127 cm³/mol. The molecule has 0 bridgehead atoms. The topological polar surface area (TPSA) is 93.7 Å². The van der Waals surface area contributed by atoms with E-state index in [1.807, 2.05) is 30.3 Å². The van der Waals surface area contributed by atoms with E-state index in [0.717, 1.165) is 24.8 Å². The third-order valence-electron chi connectivity index (χ3n) is 6.04. The lowest BCUT2D eigenvalue weighted by Gasteiger charge is -2.36. The SMILES string of the molecule is CC(C)[C@@H]1CC[C@@H](C)CC1C(=O)NCC(OC(=O)CNC(=O)OC(C)(C)C)c1ccccc1. The Bertz CT molecular complexity index is 788. The van der Waals surface area contributed by atoms with Crippen LogP contribution < -0.4 is 10.6 Å². The van der Waals surface area contributed by atoms with Crippen LogP contribution >= 0.6 is 0 Å². The van der Waals surface area contributed by atoms with Gasteiger partial charge in [-0.25, -0.2) is 4.79 Å². The number of hydrogen-bond acceptors (Lipinski definition) is 5. The largest absolute Gasteiger partial charge is 0.454 e. The van der Waals surface area contributed by atoms with Crippen LogP contribution in [0.15, 0.2) is 30.3 Å². The average molecular weight is 461 g/mol. The van der Waals surface area contributed by atoms with Gasteiger partial charge in [0.05, 0.1) is 6.54 Å². The van der Waals surface area contributed by atoms with Crippen molar-refractivity contribution in [3.63, 3.8) is 0 Å². The molecule has 2 rings (SSSR count). The molecule has 2 amide bonds. The number of carbonyl (C=O) groups excluding carboxylic acids is 3. The van der Waals surface area contributed by atoms with Crippen LogP contribution in [0, 0.1) is 23.7 Å². The maximum absolute atomic E-state index is 13.1. The molecule has 0 heterocycles. The van der Waals surface area contributed by atoms with E-state index < -0.39 is 23.8 Å². The molecule has 7 nitrogen and oxygen atoms in total. The second kappa shape index (κ2) is 12.1. The number of benzene rings is 1. The van der Waals surface area contributed by atoms with E-state index in [2.05, 4.69) is 31.4 Å². The van der Waals surface area contributed by atoms with Crippen LogP contribution in [0.2, 0.25) is 0 Å². The third kappa shape index (κ3) is 9.06. The van der Waals surface area contributed by atoms with Gasteiger partial charge in [-0.05, 0) is 56.9 Å². The highest BCUT2D eigenvalue weighted by atomic mass is 16.6. The number of amides is 2. The maximum atomic E-state index is 13.1. The zero-order chi connectivity index (χ0) is 24.6. The minimum atomic E-state index is -0.685. The van der Waals surface area contributed by atoms with E-state index in [0.29, 0.717) is 17.8 Å². The van der Waals surface area contributed by atoms with Gasteiger partial charge in [-0.1, -0.05) is 57.5 Å². The first-order valence-corrected chi connectivity index (χ1v) is 11.9. The lowest BCUT2D eigenvalue weighted by atomic mass is 9.70. The van der Waals surface area contributed by atoms with E-state index in [4.69, 9.17) is 9.47 Å². The van der Waals surface area contributed by atoms with Crippen molar-refractivity contribution in [1.82, 2.24) is 10.6 Å². The van der Waals surface area contributed by atoms with Crippen LogP contribution in [-0.4, -0.2) is 36.7 Å². The molecule has 4 atom stereocenters. The number of rotatable bonds is 8. The molecular formula is C26H40N2O5. The van der Waals surface area contributed by atoms with E-state index in [1.165, 1.54) is 0 Å². The van der Waals surface area contributed by atoms with Crippen molar-refractivity contribution in [3.05, 3.63) is 35.9 Å². The molecule has 1 aliphatic carbocycles. The van der Waals surface area contributed by atoms with Crippen molar-refractivity contribution >= 4 is 18.0 Å². The molecule has 0 spiro atoms. The Morgan fingerprint density at radius 1 is 1.06 bits per heavy atom. The summed E-state index contributed by atoms with van der Waals surface area (Å²) in [5.74, 6) is 0.707. The highest BCUT2D eigenvalue weighted by Gasteiger charge is 2.35. The number of hydrogen-bond donors (Lipinski definition) is 2. The molecule has 1 aromatic carbocycles. The van der Waals surface area contributed by atoms with Crippen LogP contribution in [0.5, 0.6) is 0 Å². The number of nitrogens with one attached hydrogen (secondary N) is 2. The summed E-state index contributed by atoms with van der Waals surface area (Å²) < 4.78 is 10.8. The molecule has 0 aliphatic heterocycles. The highest BCUT2D eigenvalue weighted by Crippen LogP contribution is 2.38. The van der Waals surface area contributed by atoms with Crippen molar-refractivity contribution in [2.75, 3.05) is 13.1 Å². The van der Waals surface area contributed by atoms with Crippen molar-refractivity contribution in [3.8, 4) is 0 Å². The van der Waals surface area contributed by atoms with Crippen LogP contribution in [-0.2, 0) is 19.1 Å². The average Bonchev–Trinajstić information content (AvgIpc) is 2.74. The van der Waals surface area contributed by atoms with E-state index in [1.54, 1.807) is 20.8 Å². The van der Waals surface area contributed by atoms with Crippen LogP contribution in [0.3, 0.4) is 0 Å². The molecule has 2 unspecified atom stereocenters. The molecule has 1 aliphatic rings. The first kappa shape index (κ1) is 26.7. The quantitative estimate of drug-likeness (QED) is 0.552. The molecule has 33 heavy (non-hydrogen) atoms. The maximum Gasteiger partial charge on any atom is 0.408 e. The Kier molecular flexibility index (Phi) is 9.74. The lowest BCUT2D eigenvalue weighted by Crippen LogP contribution is -2.42. The standard InChI is InChI=1S/C26H40N2O5/c1-17(2)20-13-12-18(3)14-21(20)24(30)27-15-22(19-10-8-7-9-11-19)32-23(29)16-28-25(31)33-26(4,5)6/h7-11,17-18,20-22H,12-16H2,1-6H3,(H,27,30)(H,28,31)/t18-,20+,21?,22?/m1/s1. The zero-order valence-corrected chi connectivity index (χ0v) is 20.9. The van der Waals surface area contributed by atoms with Crippen LogP contribution in [0.4, 0.5) is 4.79 Å². The molecule has 1 saturated carbocycles. The molecule has 2 N–H and O–H groups in total. The molecule has 0 saturated heterocycles. The van der Waals surface area contributed by atoms with Gasteiger partial charge in [0.15, 0.2) is 0 Å². The van der Waals surface area contributed by atoms with Crippen molar-refractivity contribution in [2.45, 2.75) is 72.5 Å². The number of ether oxygens (including phenoxy) is 2. The molecule has 184 valence electrons. The van der Waals surface area contributed by atoms with Gasteiger partial charge in [-0.3, -0.25) is 9.59 Å². The van der Waals surface area contributed by atoms with E-state index in [-0.39, 0.29) is 24.9 Å². The Hall–Kier alpha value is -2.57. The van der Waals surface area contributed by atoms with Gasteiger partial charge in [-0.15, -0.1) is 0 Å². The summed E-state index contributed by atoms with van der Waals surface area (Å²) in [5.41, 5.74) is 0.121. The van der Waals surface area contributed by atoms with Crippen LogP contribution in [0.25, 0.3) is 0 Å². The first-order chi connectivity index (χ1) is 15.5. The molecule has 1 fully saturated rings. The lowest BCUT2D eigenvalue weighted by molar-refractivity contribution is -0.149. The van der Waals surface area contributed by atoms with Gasteiger partial charge in [0.1, 0.15) is 18.2 Å². The zero-order valence-electron chi connectivity index (χ0n) is 20.9. The minimum Gasteiger partial charge on any atom is -0.454 e. The minimum absolute atomic E-state index is 0.0177. The number of esters is 1. The smallest absolute Gasteiger partial charge is 0.408 e. The summed E-state index contributed by atoms with van der Waals surface area (Å²) in [5, 5.41) is 5.44. The fraction of sp³-hybridized carbons (Fsp3) is 0.654. The van der Waals surface area contributed by atoms with Gasteiger partial charge >= 0.3 is 12.1 Å². The molecular weight excluding hydrogens is 420 g/mol. The fourth-order valence-corrected chi connectivity index (χ4v) is 4.38. The van der Waals surface area contributed by atoms with Crippen LogP contribution in [0.1, 0.15) is 72.5 Å². The second-order valence-corrected chi connectivity index (χ2v) is 10.4. The molecule has 1 aromatic rings. The number of alkyl carbamates (subject to hydrolysis) is 1. The Morgan fingerprint density at radius 2 is 1.73 bits per heavy atom. The van der Waals surface area contributed by atoms with Crippen molar-refractivity contribution < 1.29 is 23.9 Å². The molecule has 0 radical (unpaired) electrons. The molecule has 7 heteroatoms. The summed E-state index contributed by atoms with van der Waals surface area (Å²) in [6.45, 7) is 11.6. The summed E-state index contributed by atoms with van der Waals surface area (Å²) in [4.78, 5) is 37.3. The van der Waals surface area contributed by atoms with E-state index >= 15 is 0 Å². The third-order valence-corrected chi connectivity index (χ3v) is 6.04. The van der Waals surface area contributed by atoms with Crippen molar-refractivity contribution in [1.29, 1.82) is 0 Å². The summed E-state index contributed by atoms with van der Waals surface area (Å²) in [6, 6.07) is 9.29. The Balaban J connectivity index is 1.99. The van der Waals surface area contributed by atoms with Gasteiger partial charge in [-0.2, -0.15) is 0 Å². The monoisotopic (exact) mass is 460 g/mol. The van der Waals surface area contributed by atoms with Gasteiger partial charge < -0.3 is 20.1 Å². The van der Waals surface area contributed by atoms with Crippen molar-refractivity contribution in [2.24, 2.45) is 23.7 Å². The fourth-order valence-electron chi connectivity index (χ4n) is 4.38. The summed E-state index contributed by atoms with van der Waals surface area (Å²) in [7, 11) is 0. The van der Waals surface area contributed by atoms with Gasteiger partial charge in [0, 0.05) is 5.92 Å². The highest BCUT2D eigenvalue weighted by molar-refractivity contribution is 5.80. The summed E-state index contributed by atoms with van der Waals surface area (Å²) >= 11 is 0. The Labute approximate surface area is 198 Å². The Morgan fingerprint density at radius 3 is 2.33 bits per heavy atom. The number of carbonyl (C=O) groups is 3.